The molecule has 0 aliphatic heterocycles. The summed E-state index contributed by atoms with van der Waals surface area (Å²) < 4.78 is 26.7. The fraction of sp³-hybridized carbons (Fsp3) is 0. The van der Waals surface area contributed by atoms with Crippen molar-refractivity contribution < 1.29 is 8.78 Å². The molecule has 1 aromatic heterocycles. The first-order valence-corrected chi connectivity index (χ1v) is 5.09. The number of aromatic amines is 1. The first kappa shape index (κ1) is 9.48. The van der Waals surface area contributed by atoms with E-state index >= 15 is 0 Å². The Bertz CT molecular complexity index is 516. The second kappa shape index (κ2) is 3.59. The Morgan fingerprint density at radius 3 is 2.71 bits per heavy atom. The first-order chi connectivity index (χ1) is 6.68. The topological polar surface area (TPSA) is 15.8 Å². The van der Waals surface area contributed by atoms with Gasteiger partial charge in [-0.3, -0.25) is 0 Å². The molecule has 0 bridgehead atoms. The summed E-state index contributed by atoms with van der Waals surface area (Å²) >= 11 is 6.14. The standard InChI is InChI=1S/C9H5F2NS2/c10-6-3-1-2-5(8(6)11)7-4-14-9(13)12-7/h1-4H,(H,12,13). The second-order valence-electron chi connectivity index (χ2n) is 2.66. The van der Waals surface area contributed by atoms with Gasteiger partial charge in [-0.25, -0.2) is 8.78 Å². The Labute approximate surface area is 88.0 Å². The lowest BCUT2D eigenvalue weighted by atomic mass is 10.1. The summed E-state index contributed by atoms with van der Waals surface area (Å²) in [5, 5.41) is 1.67. The summed E-state index contributed by atoms with van der Waals surface area (Å²) in [6, 6.07) is 4.05. The Kier molecular flexibility index (Phi) is 2.43. The highest BCUT2D eigenvalue weighted by molar-refractivity contribution is 7.73. The molecule has 0 saturated heterocycles. The van der Waals surface area contributed by atoms with Gasteiger partial charge in [-0.15, -0.1) is 11.3 Å². The number of aromatic nitrogens is 1. The monoisotopic (exact) mass is 229 g/mol. The van der Waals surface area contributed by atoms with E-state index in [0.717, 1.165) is 6.07 Å². The van der Waals surface area contributed by atoms with Gasteiger partial charge in [0.15, 0.2) is 15.6 Å². The van der Waals surface area contributed by atoms with Crippen molar-refractivity contribution in [3.8, 4) is 11.3 Å². The van der Waals surface area contributed by atoms with E-state index in [9.17, 15) is 8.78 Å². The van der Waals surface area contributed by atoms with E-state index in [-0.39, 0.29) is 5.56 Å². The Morgan fingerprint density at radius 2 is 2.07 bits per heavy atom. The predicted octanol–water partition coefficient (Wildman–Crippen LogP) is 3.75. The summed E-state index contributed by atoms with van der Waals surface area (Å²) in [5.74, 6) is -1.70. The first-order valence-electron chi connectivity index (χ1n) is 3.80. The van der Waals surface area contributed by atoms with Crippen molar-refractivity contribution in [1.29, 1.82) is 0 Å². The van der Waals surface area contributed by atoms with Crippen LogP contribution in [0.5, 0.6) is 0 Å². The molecule has 1 aromatic carbocycles. The van der Waals surface area contributed by atoms with E-state index < -0.39 is 11.6 Å². The number of hydrogen-bond acceptors (Lipinski definition) is 2. The molecule has 0 atom stereocenters. The molecule has 0 radical (unpaired) electrons. The van der Waals surface area contributed by atoms with Gasteiger partial charge in [0.2, 0.25) is 0 Å². The molecule has 72 valence electrons. The molecule has 0 amide bonds. The lowest BCUT2D eigenvalue weighted by Gasteiger charge is -1.99. The van der Waals surface area contributed by atoms with E-state index in [4.69, 9.17) is 12.2 Å². The third kappa shape index (κ3) is 1.60. The van der Waals surface area contributed by atoms with Crippen molar-refractivity contribution in [3.63, 3.8) is 0 Å². The van der Waals surface area contributed by atoms with Crippen molar-refractivity contribution in [2.45, 2.75) is 0 Å². The Balaban J connectivity index is 2.62. The quantitative estimate of drug-likeness (QED) is 0.736. The molecule has 1 heterocycles. The number of nitrogens with one attached hydrogen (secondary N) is 1. The van der Waals surface area contributed by atoms with Crippen molar-refractivity contribution >= 4 is 23.6 Å². The third-order valence-corrected chi connectivity index (χ3v) is 2.82. The van der Waals surface area contributed by atoms with E-state index in [1.807, 2.05) is 0 Å². The predicted molar refractivity (Wildman–Crippen MR) is 54.9 cm³/mol. The van der Waals surface area contributed by atoms with Crippen molar-refractivity contribution in [2.24, 2.45) is 0 Å². The molecule has 0 fully saturated rings. The lowest BCUT2D eigenvalue weighted by Crippen LogP contribution is -1.88. The van der Waals surface area contributed by atoms with Crippen LogP contribution in [0.1, 0.15) is 0 Å². The van der Waals surface area contributed by atoms with Gasteiger partial charge in [0.1, 0.15) is 0 Å². The molecule has 14 heavy (non-hydrogen) atoms. The van der Waals surface area contributed by atoms with Gasteiger partial charge in [0, 0.05) is 10.9 Å². The second-order valence-corrected chi connectivity index (χ2v) is 4.21. The number of H-pyrrole nitrogens is 1. The molecule has 2 aromatic rings. The fourth-order valence-corrected chi connectivity index (χ4v) is 1.96. The maximum atomic E-state index is 13.3. The minimum absolute atomic E-state index is 0.206. The Hall–Kier alpha value is -1.07. The largest absolute Gasteiger partial charge is 0.337 e. The molecule has 0 saturated carbocycles. The van der Waals surface area contributed by atoms with Gasteiger partial charge in [-0.1, -0.05) is 6.07 Å². The van der Waals surface area contributed by atoms with Gasteiger partial charge < -0.3 is 4.98 Å². The number of benzene rings is 1. The highest BCUT2D eigenvalue weighted by atomic mass is 32.1. The van der Waals surface area contributed by atoms with Crippen LogP contribution in [-0.4, -0.2) is 4.98 Å². The zero-order chi connectivity index (χ0) is 10.1. The maximum absolute atomic E-state index is 13.3. The van der Waals surface area contributed by atoms with E-state index in [1.165, 1.54) is 23.5 Å². The fourth-order valence-electron chi connectivity index (χ4n) is 1.12. The van der Waals surface area contributed by atoms with Crippen LogP contribution in [-0.2, 0) is 0 Å². The molecule has 0 aliphatic carbocycles. The molecule has 0 aliphatic rings. The average Bonchev–Trinajstić information content (AvgIpc) is 2.57. The van der Waals surface area contributed by atoms with Crippen LogP contribution in [0, 0.1) is 15.6 Å². The van der Waals surface area contributed by atoms with Crippen LogP contribution in [0.15, 0.2) is 23.6 Å². The normalized spacial score (nSPS) is 10.4. The van der Waals surface area contributed by atoms with Gasteiger partial charge in [-0.05, 0) is 24.4 Å². The smallest absolute Gasteiger partial charge is 0.168 e. The van der Waals surface area contributed by atoms with Crippen molar-refractivity contribution in [1.82, 2.24) is 4.98 Å². The Morgan fingerprint density at radius 1 is 1.29 bits per heavy atom. The van der Waals surface area contributed by atoms with Crippen molar-refractivity contribution in [3.05, 3.63) is 39.2 Å². The summed E-state index contributed by atoms with van der Waals surface area (Å²) in [4.78, 5) is 2.79. The summed E-state index contributed by atoms with van der Waals surface area (Å²) in [6.45, 7) is 0. The zero-order valence-corrected chi connectivity index (χ0v) is 8.51. The maximum Gasteiger partial charge on any atom is 0.168 e. The molecule has 1 nitrogen and oxygen atoms in total. The van der Waals surface area contributed by atoms with Crippen LogP contribution in [0.4, 0.5) is 8.78 Å². The number of thiazole rings is 1. The molecule has 5 heteroatoms. The molecule has 0 unspecified atom stereocenters. The van der Waals surface area contributed by atoms with Gasteiger partial charge in [0.05, 0.1) is 5.69 Å². The van der Waals surface area contributed by atoms with E-state index in [2.05, 4.69) is 4.98 Å². The lowest BCUT2D eigenvalue weighted by molar-refractivity contribution is 0.511. The highest BCUT2D eigenvalue weighted by Crippen LogP contribution is 2.24. The number of halogens is 2. The SMILES string of the molecule is Fc1cccc(-c2csc(=S)[nH]2)c1F. The van der Waals surface area contributed by atoms with Crippen LogP contribution in [0.3, 0.4) is 0 Å². The summed E-state index contributed by atoms with van der Waals surface area (Å²) in [6.07, 6.45) is 0. The third-order valence-electron chi connectivity index (χ3n) is 1.76. The van der Waals surface area contributed by atoms with Crippen LogP contribution in [0.2, 0.25) is 0 Å². The van der Waals surface area contributed by atoms with Crippen LogP contribution < -0.4 is 0 Å². The van der Waals surface area contributed by atoms with Gasteiger partial charge >= 0.3 is 0 Å². The zero-order valence-electron chi connectivity index (χ0n) is 6.88. The van der Waals surface area contributed by atoms with E-state index in [1.54, 1.807) is 5.38 Å². The molecule has 1 N–H and O–H groups in total. The number of rotatable bonds is 1. The van der Waals surface area contributed by atoms with Crippen LogP contribution in [0.25, 0.3) is 11.3 Å². The van der Waals surface area contributed by atoms with Gasteiger partial charge in [-0.2, -0.15) is 0 Å². The van der Waals surface area contributed by atoms with Crippen molar-refractivity contribution in [2.75, 3.05) is 0 Å². The average molecular weight is 229 g/mol. The van der Waals surface area contributed by atoms with Gasteiger partial charge in [0.25, 0.3) is 0 Å². The molecular weight excluding hydrogens is 224 g/mol. The molecular formula is C9H5F2NS2. The molecule has 2 rings (SSSR count). The highest BCUT2D eigenvalue weighted by Gasteiger charge is 2.10. The summed E-state index contributed by atoms with van der Waals surface area (Å²) in [7, 11) is 0. The molecule has 0 spiro atoms. The number of hydrogen-bond donors (Lipinski definition) is 1. The van der Waals surface area contributed by atoms with Crippen LogP contribution >= 0.6 is 23.6 Å². The summed E-state index contributed by atoms with van der Waals surface area (Å²) in [5.41, 5.74) is 0.717. The van der Waals surface area contributed by atoms with E-state index in [0.29, 0.717) is 9.65 Å². The minimum Gasteiger partial charge on any atom is -0.337 e. The minimum atomic E-state index is -0.854.